The summed E-state index contributed by atoms with van der Waals surface area (Å²) in [5.74, 6) is 0.237. The number of benzene rings is 1. The Morgan fingerprint density at radius 2 is 2.11 bits per heavy atom. The van der Waals surface area contributed by atoms with Crippen molar-refractivity contribution in [2.24, 2.45) is 5.16 Å². The maximum atomic E-state index is 12.7. The van der Waals surface area contributed by atoms with Gasteiger partial charge in [0.15, 0.2) is 0 Å². The lowest BCUT2D eigenvalue weighted by molar-refractivity contribution is -0.125. The van der Waals surface area contributed by atoms with E-state index in [1.54, 1.807) is 25.4 Å². The Morgan fingerprint density at radius 3 is 2.74 bits per heavy atom. The molecule has 0 radical (unpaired) electrons. The number of aromatic nitrogens is 1. The SMILES string of the molecule is CON=C(C)C(C)(C)NC(=O)C(Oc1cc(Cl)c2ncc(I)cc2c1)SC. The first kappa shape index (κ1) is 22.0. The van der Waals surface area contributed by atoms with E-state index in [1.165, 1.54) is 18.9 Å². The molecule has 1 atom stereocenters. The van der Waals surface area contributed by atoms with E-state index < -0.39 is 11.0 Å². The van der Waals surface area contributed by atoms with Crippen molar-refractivity contribution in [1.82, 2.24) is 10.3 Å². The van der Waals surface area contributed by atoms with E-state index in [2.05, 4.69) is 38.0 Å². The number of carbonyl (C=O) groups is 1. The lowest BCUT2D eigenvalue weighted by Crippen LogP contribution is -2.52. The molecular weight excluding hydrogens is 501 g/mol. The summed E-state index contributed by atoms with van der Waals surface area (Å²) in [5.41, 5.74) is -0.0792. The molecule has 1 heterocycles. The molecule has 146 valence electrons. The van der Waals surface area contributed by atoms with Crippen LogP contribution in [0.4, 0.5) is 0 Å². The quantitative estimate of drug-likeness (QED) is 0.252. The summed E-state index contributed by atoms with van der Waals surface area (Å²) in [6, 6.07) is 5.46. The number of carbonyl (C=O) groups excluding carboxylic acids is 1. The first-order valence-corrected chi connectivity index (χ1v) is 10.8. The summed E-state index contributed by atoms with van der Waals surface area (Å²) in [5, 5.41) is 8.16. The average Bonchev–Trinajstić information content (AvgIpc) is 2.58. The molecule has 2 aromatic rings. The van der Waals surface area contributed by atoms with Crippen molar-refractivity contribution < 1.29 is 14.4 Å². The molecule has 2 rings (SSSR count). The van der Waals surface area contributed by atoms with Crippen LogP contribution in [0.3, 0.4) is 0 Å². The number of fused-ring (bicyclic) bond motifs is 1. The summed E-state index contributed by atoms with van der Waals surface area (Å²) in [4.78, 5) is 21.8. The Kier molecular flexibility index (Phi) is 7.58. The molecule has 0 aliphatic heterocycles. The Morgan fingerprint density at radius 1 is 1.41 bits per heavy atom. The predicted octanol–water partition coefficient (Wildman–Crippen LogP) is 4.48. The smallest absolute Gasteiger partial charge is 0.272 e. The third kappa shape index (κ3) is 5.61. The Bertz CT molecular complexity index is 876. The van der Waals surface area contributed by atoms with Crippen LogP contribution in [-0.4, -0.2) is 40.9 Å². The van der Waals surface area contributed by atoms with Crippen molar-refractivity contribution >= 4 is 68.5 Å². The predicted molar refractivity (Wildman–Crippen MR) is 120 cm³/mol. The van der Waals surface area contributed by atoms with Gasteiger partial charge in [0, 0.05) is 21.2 Å². The van der Waals surface area contributed by atoms with E-state index in [4.69, 9.17) is 21.2 Å². The molecule has 0 aliphatic rings. The van der Waals surface area contributed by atoms with Crippen LogP contribution in [0.15, 0.2) is 29.6 Å². The molecule has 1 aromatic heterocycles. The molecule has 9 heteroatoms. The number of nitrogens with one attached hydrogen (secondary N) is 1. The van der Waals surface area contributed by atoms with Crippen LogP contribution in [0.1, 0.15) is 20.8 Å². The maximum Gasteiger partial charge on any atom is 0.272 e. The Labute approximate surface area is 181 Å². The van der Waals surface area contributed by atoms with E-state index in [1.807, 2.05) is 26.0 Å². The second-order valence-electron chi connectivity index (χ2n) is 6.29. The normalized spacial score (nSPS) is 13.4. The number of hydrogen-bond acceptors (Lipinski definition) is 6. The van der Waals surface area contributed by atoms with Gasteiger partial charge in [-0.2, -0.15) is 0 Å². The molecule has 0 fully saturated rings. The zero-order valence-corrected chi connectivity index (χ0v) is 19.4. The molecule has 1 N–H and O–H groups in total. The maximum absolute atomic E-state index is 12.7. The standard InChI is InChI=1S/C18H21ClIN3O3S/c1-10(23-25-4)18(2,3)22-16(24)17(27-5)26-13-7-11-6-12(20)9-21-15(11)14(19)8-13/h6-9,17H,1-5H3,(H,22,24). The van der Waals surface area contributed by atoms with Gasteiger partial charge in [-0.25, -0.2) is 0 Å². The van der Waals surface area contributed by atoms with Crippen LogP contribution in [0, 0.1) is 3.57 Å². The number of ether oxygens (including phenoxy) is 1. The highest BCUT2D eigenvalue weighted by molar-refractivity contribution is 14.1. The van der Waals surface area contributed by atoms with Gasteiger partial charge >= 0.3 is 0 Å². The van der Waals surface area contributed by atoms with Gasteiger partial charge in [-0.05, 0) is 61.8 Å². The first-order chi connectivity index (χ1) is 12.7. The number of amides is 1. The molecule has 0 aliphatic carbocycles. The van der Waals surface area contributed by atoms with Gasteiger partial charge in [-0.15, -0.1) is 11.8 Å². The summed E-state index contributed by atoms with van der Waals surface area (Å²) in [6.45, 7) is 5.48. The number of nitrogens with zero attached hydrogens (tertiary/aromatic N) is 2. The van der Waals surface area contributed by atoms with Crippen molar-refractivity contribution in [3.05, 3.63) is 33.0 Å². The van der Waals surface area contributed by atoms with Gasteiger partial charge in [-0.3, -0.25) is 9.78 Å². The molecule has 1 unspecified atom stereocenters. The fraction of sp³-hybridized carbons (Fsp3) is 0.389. The van der Waals surface area contributed by atoms with Gasteiger partial charge < -0.3 is 14.9 Å². The van der Waals surface area contributed by atoms with Crippen molar-refractivity contribution in [1.29, 1.82) is 0 Å². The molecule has 6 nitrogen and oxygen atoms in total. The number of rotatable bonds is 7. The number of halogens is 2. The van der Waals surface area contributed by atoms with Crippen LogP contribution in [0.2, 0.25) is 5.02 Å². The topological polar surface area (TPSA) is 72.8 Å². The van der Waals surface area contributed by atoms with Crippen LogP contribution >= 0.6 is 46.0 Å². The summed E-state index contributed by atoms with van der Waals surface area (Å²) >= 11 is 9.80. The van der Waals surface area contributed by atoms with Gasteiger partial charge in [0.25, 0.3) is 5.91 Å². The van der Waals surface area contributed by atoms with Crippen LogP contribution in [-0.2, 0) is 9.63 Å². The number of pyridine rings is 1. The van der Waals surface area contributed by atoms with Crippen molar-refractivity contribution in [2.45, 2.75) is 31.7 Å². The molecule has 0 saturated heterocycles. The molecule has 1 amide bonds. The van der Waals surface area contributed by atoms with Crippen LogP contribution < -0.4 is 10.1 Å². The Balaban J connectivity index is 2.22. The molecule has 1 aromatic carbocycles. The van der Waals surface area contributed by atoms with Crippen LogP contribution in [0.5, 0.6) is 5.75 Å². The summed E-state index contributed by atoms with van der Waals surface area (Å²) < 4.78 is 6.89. The molecule has 27 heavy (non-hydrogen) atoms. The lowest BCUT2D eigenvalue weighted by atomic mass is 10.00. The minimum atomic E-state index is -0.746. The van der Waals surface area contributed by atoms with Crippen molar-refractivity contribution in [3.63, 3.8) is 0 Å². The van der Waals surface area contributed by atoms with Gasteiger partial charge in [0.1, 0.15) is 12.9 Å². The second kappa shape index (κ2) is 9.29. The van der Waals surface area contributed by atoms with Gasteiger partial charge in [-0.1, -0.05) is 16.8 Å². The zero-order chi connectivity index (χ0) is 20.2. The fourth-order valence-corrected chi connectivity index (χ4v) is 3.48. The van der Waals surface area contributed by atoms with Gasteiger partial charge in [0.2, 0.25) is 5.44 Å². The van der Waals surface area contributed by atoms with Crippen molar-refractivity contribution in [3.8, 4) is 5.75 Å². The number of oxime groups is 1. The highest BCUT2D eigenvalue weighted by Crippen LogP contribution is 2.30. The van der Waals surface area contributed by atoms with E-state index in [9.17, 15) is 4.79 Å². The first-order valence-electron chi connectivity index (χ1n) is 8.02. The van der Waals surface area contributed by atoms with Gasteiger partial charge in [0.05, 0.1) is 21.8 Å². The minimum absolute atomic E-state index is 0.268. The largest absolute Gasteiger partial charge is 0.470 e. The third-order valence-corrected chi connectivity index (χ3v) is 5.53. The number of hydrogen-bond donors (Lipinski definition) is 1. The third-order valence-electron chi connectivity index (χ3n) is 3.92. The summed E-state index contributed by atoms with van der Waals surface area (Å²) in [6.07, 6.45) is 3.56. The molecule has 0 bridgehead atoms. The molecule has 0 spiro atoms. The Hall–Kier alpha value is -1.26. The van der Waals surface area contributed by atoms with Crippen LogP contribution in [0.25, 0.3) is 10.9 Å². The highest BCUT2D eigenvalue weighted by Gasteiger charge is 2.29. The lowest BCUT2D eigenvalue weighted by Gasteiger charge is -2.28. The average molecular weight is 522 g/mol. The minimum Gasteiger partial charge on any atom is -0.470 e. The van der Waals surface area contributed by atoms with E-state index >= 15 is 0 Å². The highest BCUT2D eigenvalue weighted by atomic mass is 127. The summed E-state index contributed by atoms with van der Waals surface area (Å²) in [7, 11) is 1.47. The number of thioether (sulfide) groups is 1. The molecular formula is C18H21ClIN3O3S. The monoisotopic (exact) mass is 521 g/mol. The van der Waals surface area contributed by atoms with E-state index in [-0.39, 0.29) is 5.91 Å². The second-order valence-corrected chi connectivity index (χ2v) is 8.84. The van der Waals surface area contributed by atoms with E-state index in [0.717, 1.165) is 8.96 Å². The molecule has 0 saturated carbocycles. The van der Waals surface area contributed by atoms with Crippen molar-refractivity contribution in [2.75, 3.05) is 13.4 Å². The zero-order valence-electron chi connectivity index (χ0n) is 15.7. The fourth-order valence-electron chi connectivity index (χ4n) is 2.26. The van der Waals surface area contributed by atoms with E-state index in [0.29, 0.717) is 22.0 Å².